The van der Waals surface area contributed by atoms with Gasteiger partial charge in [-0.1, -0.05) is 0 Å². The second kappa shape index (κ2) is 6.30. The molecule has 1 saturated heterocycles. The number of ether oxygens (including phenoxy) is 2. The van der Waals surface area contributed by atoms with E-state index in [2.05, 4.69) is 5.32 Å². The smallest absolute Gasteiger partial charge is 0.307 e. The molecule has 0 bridgehead atoms. The van der Waals surface area contributed by atoms with Crippen molar-refractivity contribution in [2.45, 2.75) is 25.6 Å². The topological polar surface area (TPSA) is 67.8 Å². The van der Waals surface area contributed by atoms with Crippen LogP contribution in [0.25, 0.3) is 0 Å². The molecule has 1 heterocycles. The van der Waals surface area contributed by atoms with Crippen LogP contribution in [-0.2, 0) is 4.79 Å². The maximum atomic E-state index is 13.8. The lowest BCUT2D eigenvalue weighted by Gasteiger charge is -2.19. The lowest BCUT2D eigenvalue weighted by atomic mass is 9.96. The van der Waals surface area contributed by atoms with Gasteiger partial charge in [0.25, 0.3) is 0 Å². The Morgan fingerprint density at radius 1 is 1.38 bits per heavy atom. The predicted molar refractivity (Wildman–Crippen MR) is 75.6 cm³/mol. The molecule has 0 saturated carbocycles. The average molecular weight is 297 g/mol. The van der Waals surface area contributed by atoms with E-state index in [-0.39, 0.29) is 6.04 Å². The lowest BCUT2D eigenvalue weighted by molar-refractivity contribution is -0.141. The Kier molecular flexibility index (Phi) is 4.67. The zero-order valence-corrected chi connectivity index (χ0v) is 12.4. The van der Waals surface area contributed by atoms with Gasteiger partial charge in [0.2, 0.25) is 0 Å². The highest BCUT2D eigenvalue weighted by molar-refractivity contribution is 5.71. The molecule has 116 valence electrons. The molecule has 6 heteroatoms. The summed E-state index contributed by atoms with van der Waals surface area (Å²) in [5.41, 5.74) is 1.20. The highest BCUT2D eigenvalue weighted by atomic mass is 19.1. The molecule has 1 aromatic rings. The molecule has 1 aromatic carbocycles. The van der Waals surface area contributed by atoms with Crippen LogP contribution < -0.4 is 14.8 Å². The van der Waals surface area contributed by atoms with Crippen molar-refractivity contribution >= 4 is 5.97 Å². The van der Waals surface area contributed by atoms with Crippen LogP contribution in [0.3, 0.4) is 0 Å². The highest BCUT2D eigenvalue weighted by Gasteiger charge is 2.32. The fourth-order valence-electron chi connectivity index (χ4n) is 2.69. The van der Waals surface area contributed by atoms with Crippen molar-refractivity contribution < 1.29 is 23.8 Å². The first kappa shape index (κ1) is 15.6. The monoisotopic (exact) mass is 297 g/mol. The number of hydrogen-bond acceptors (Lipinski definition) is 4. The van der Waals surface area contributed by atoms with Gasteiger partial charge in [-0.15, -0.1) is 0 Å². The van der Waals surface area contributed by atoms with Gasteiger partial charge in [-0.05, 0) is 19.4 Å². The molecule has 2 rings (SSSR count). The summed E-state index contributed by atoms with van der Waals surface area (Å²) < 4.78 is 24.3. The van der Waals surface area contributed by atoms with Gasteiger partial charge < -0.3 is 19.9 Å². The second-order valence-electron chi connectivity index (χ2n) is 5.18. The van der Waals surface area contributed by atoms with Crippen LogP contribution in [0.1, 0.15) is 36.7 Å². The molecule has 1 aliphatic heterocycles. The normalized spacial score (nSPS) is 22.9. The third-order valence-electron chi connectivity index (χ3n) is 3.87. The first-order valence-electron chi connectivity index (χ1n) is 6.84. The molecule has 3 unspecified atom stereocenters. The van der Waals surface area contributed by atoms with E-state index in [1.165, 1.54) is 21.1 Å². The van der Waals surface area contributed by atoms with Crippen LogP contribution in [0.2, 0.25) is 0 Å². The highest BCUT2D eigenvalue weighted by Crippen LogP contribution is 2.40. The Morgan fingerprint density at radius 2 is 2.05 bits per heavy atom. The van der Waals surface area contributed by atoms with Crippen molar-refractivity contribution in [3.63, 3.8) is 0 Å². The SMILES string of the molecule is COc1cc(OC)c(C2CC(C(=O)O)CN2)cc1C(C)F. The number of alkyl halides is 1. The van der Waals surface area contributed by atoms with Crippen LogP contribution in [-0.4, -0.2) is 31.8 Å². The van der Waals surface area contributed by atoms with E-state index < -0.39 is 18.1 Å². The summed E-state index contributed by atoms with van der Waals surface area (Å²) in [7, 11) is 3.01. The molecule has 1 fully saturated rings. The molecular weight excluding hydrogens is 277 g/mol. The number of nitrogens with one attached hydrogen (secondary N) is 1. The Balaban J connectivity index is 2.38. The zero-order chi connectivity index (χ0) is 15.6. The number of benzene rings is 1. The summed E-state index contributed by atoms with van der Waals surface area (Å²) >= 11 is 0. The third kappa shape index (κ3) is 3.10. The molecule has 0 aliphatic carbocycles. The van der Waals surface area contributed by atoms with Crippen molar-refractivity contribution in [3.05, 3.63) is 23.3 Å². The van der Waals surface area contributed by atoms with Crippen LogP contribution in [0.4, 0.5) is 4.39 Å². The molecule has 0 aromatic heterocycles. The van der Waals surface area contributed by atoms with Gasteiger partial charge in [0, 0.05) is 29.8 Å². The summed E-state index contributed by atoms with van der Waals surface area (Å²) in [5, 5.41) is 12.2. The van der Waals surface area contributed by atoms with E-state index in [0.717, 1.165) is 5.56 Å². The molecule has 0 radical (unpaired) electrons. The standard InChI is InChI=1S/C15H20FNO4/c1-8(16)10-5-11(14(21-3)6-13(10)20-2)12-4-9(7-17-12)15(18)19/h5-6,8-9,12,17H,4,7H2,1-3H3,(H,18,19). The fraction of sp³-hybridized carbons (Fsp3) is 0.533. The summed E-state index contributed by atoms with van der Waals surface area (Å²) in [5.74, 6) is -0.261. The third-order valence-corrected chi connectivity index (χ3v) is 3.87. The molecule has 0 amide bonds. The number of rotatable bonds is 5. The molecule has 1 aliphatic rings. The van der Waals surface area contributed by atoms with Crippen LogP contribution in [0.15, 0.2) is 12.1 Å². The van der Waals surface area contributed by atoms with Gasteiger partial charge in [-0.3, -0.25) is 4.79 Å². The maximum Gasteiger partial charge on any atom is 0.307 e. The molecule has 5 nitrogen and oxygen atoms in total. The lowest BCUT2D eigenvalue weighted by Crippen LogP contribution is -2.17. The second-order valence-corrected chi connectivity index (χ2v) is 5.18. The van der Waals surface area contributed by atoms with Crippen molar-refractivity contribution in [1.82, 2.24) is 5.32 Å². The van der Waals surface area contributed by atoms with Crippen LogP contribution in [0.5, 0.6) is 11.5 Å². The van der Waals surface area contributed by atoms with E-state index in [0.29, 0.717) is 30.0 Å². The maximum absolute atomic E-state index is 13.8. The Bertz CT molecular complexity index is 533. The number of aliphatic carboxylic acids is 1. The van der Waals surface area contributed by atoms with Crippen molar-refractivity contribution in [3.8, 4) is 11.5 Å². The minimum Gasteiger partial charge on any atom is -0.496 e. The van der Waals surface area contributed by atoms with E-state index in [9.17, 15) is 9.18 Å². The summed E-state index contributed by atoms with van der Waals surface area (Å²) in [6.07, 6.45) is -0.723. The summed E-state index contributed by atoms with van der Waals surface area (Å²) in [4.78, 5) is 11.1. The minimum atomic E-state index is -1.18. The van der Waals surface area contributed by atoms with E-state index in [1.54, 1.807) is 12.1 Å². The minimum absolute atomic E-state index is 0.163. The number of carboxylic acid groups (broad SMARTS) is 1. The molecule has 0 spiro atoms. The Hall–Kier alpha value is -1.82. The largest absolute Gasteiger partial charge is 0.496 e. The summed E-state index contributed by atoms with van der Waals surface area (Å²) in [6.45, 7) is 1.84. The van der Waals surface area contributed by atoms with Gasteiger partial charge in [0.05, 0.1) is 20.1 Å². The quantitative estimate of drug-likeness (QED) is 0.874. The van der Waals surface area contributed by atoms with E-state index >= 15 is 0 Å². The summed E-state index contributed by atoms with van der Waals surface area (Å²) in [6, 6.07) is 3.19. The number of halogens is 1. The average Bonchev–Trinajstić information content (AvgIpc) is 2.95. The number of carbonyl (C=O) groups is 1. The fourth-order valence-corrected chi connectivity index (χ4v) is 2.69. The van der Waals surface area contributed by atoms with Crippen molar-refractivity contribution in [2.24, 2.45) is 5.92 Å². The number of carboxylic acids is 1. The molecule has 3 atom stereocenters. The first-order chi connectivity index (χ1) is 9.97. The predicted octanol–water partition coefficient (Wildman–Crippen LogP) is 2.47. The van der Waals surface area contributed by atoms with Gasteiger partial charge in [0.15, 0.2) is 0 Å². The van der Waals surface area contributed by atoms with Gasteiger partial charge in [-0.2, -0.15) is 0 Å². The van der Waals surface area contributed by atoms with Gasteiger partial charge in [-0.25, -0.2) is 4.39 Å². The molecular formula is C15H20FNO4. The van der Waals surface area contributed by atoms with Crippen LogP contribution in [0, 0.1) is 5.92 Å². The Morgan fingerprint density at radius 3 is 2.52 bits per heavy atom. The zero-order valence-electron chi connectivity index (χ0n) is 12.4. The van der Waals surface area contributed by atoms with Gasteiger partial charge in [0.1, 0.15) is 17.7 Å². The van der Waals surface area contributed by atoms with E-state index in [4.69, 9.17) is 14.6 Å². The first-order valence-corrected chi connectivity index (χ1v) is 6.84. The van der Waals surface area contributed by atoms with Crippen molar-refractivity contribution in [1.29, 1.82) is 0 Å². The Labute approximate surface area is 123 Å². The number of hydrogen-bond donors (Lipinski definition) is 2. The molecule has 2 N–H and O–H groups in total. The number of methoxy groups -OCH3 is 2. The van der Waals surface area contributed by atoms with Crippen LogP contribution >= 0.6 is 0 Å². The van der Waals surface area contributed by atoms with Crippen molar-refractivity contribution in [2.75, 3.05) is 20.8 Å². The van der Waals surface area contributed by atoms with Gasteiger partial charge >= 0.3 is 5.97 Å². The van der Waals surface area contributed by atoms with E-state index in [1.807, 2.05) is 0 Å². The molecule has 21 heavy (non-hydrogen) atoms.